The van der Waals surface area contributed by atoms with Crippen LogP contribution < -0.4 is 15.9 Å². The number of benzene rings is 1. The lowest BCUT2D eigenvalue weighted by molar-refractivity contribution is 0.600. The molecule has 1 aromatic heterocycles. The van der Waals surface area contributed by atoms with E-state index in [4.69, 9.17) is 5.73 Å². The molecule has 0 aliphatic rings. The standard InChI is InChI=1S/C10H13N5O2S/c1-12-15-10(6-7-13-15)14-18(16,17)9-4-2-8(11)3-5-9/h2-7,12,14H,11H2,1H3. The molecule has 18 heavy (non-hydrogen) atoms. The van der Waals surface area contributed by atoms with Crippen molar-refractivity contribution in [3.8, 4) is 0 Å². The molecule has 1 heterocycles. The summed E-state index contributed by atoms with van der Waals surface area (Å²) in [5, 5.41) is 3.89. The number of anilines is 2. The number of nitrogens with one attached hydrogen (secondary N) is 2. The molecule has 0 bridgehead atoms. The largest absolute Gasteiger partial charge is 0.399 e. The van der Waals surface area contributed by atoms with Crippen molar-refractivity contribution in [3.63, 3.8) is 0 Å². The molecule has 0 radical (unpaired) electrons. The van der Waals surface area contributed by atoms with Crippen LogP contribution in [-0.2, 0) is 10.0 Å². The van der Waals surface area contributed by atoms with E-state index in [2.05, 4.69) is 15.2 Å². The number of aromatic nitrogens is 2. The Morgan fingerprint density at radius 1 is 1.22 bits per heavy atom. The number of rotatable bonds is 4. The minimum Gasteiger partial charge on any atom is -0.399 e. The maximum absolute atomic E-state index is 12.1. The summed E-state index contributed by atoms with van der Waals surface area (Å²) < 4.78 is 26.5. The highest BCUT2D eigenvalue weighted by molar-refractivity contribution is 7.92. The Balaban J connectivity index is 2.30. The second-order valence-electron chi connectivity index (χ2n) is 3.53. The fraction of sp³-hybridized carbons (Fsp3) is 0.100. The molecule has 2 rings (SSSR count). The van der Waals surface area contributed by atoms with Crippen molar-refractivity contribution in [3.05, 3.63) is 36.5 Å². The molecule has 7 nitrogen and oxygen atoms in total. The molecule has 96 valence electrons. The lowest BCUT2D eigenvalue weighted by Crippen LogP contribution is -2.19. The van der Waals surface area contributed by atoms with Crippen molar-refractivity contribution in [2.45, 2.75) is 4.90 Å². The van der Waals surface area contributed by atoms with Gasteiger partial charge in [0.2, 0.25) is 0 Å². The first-order valence-electron chi connectivity index (χ1n) is 5.13. The molecule has 8 heteroatoms. The van der Waals surface area contributed by atoms with Gasteiger partial charge in [-0.1, -0.05) is 0 Å². The average Bonchev–Trinajstić information content (AvgIpc) is 2.76. The van der Waals surface area contributed by atoms with Gasteiger partial charge in [-0.25, -0.2) is 8.42 Å². The first-order valence-corrected chi connectivity index (χ1v) is 6.61. The number of hydrogen-bond acceptors (Lipinski definition) is 5. The van der Waals surface area contributed by atoms with Crippen molar-refractivity contribution < 1.29 is 8.42 Å². The van der Waals surface area contributed by atoms with Crippen molar-refractivity contribution in [2.75, 3.05) is 22.9 Å². The van der Waals surface area contributed by atoms with Crippen LogP contribution >= 0.6 is 0 Å². The van der Waals surface area contributed by atoms with Gasteiger partial charge in [0.1, 0.15) is 0 Å². The molecule has 0 amide bonds. The van der Waals surface area contributed by atoms with Gasteiger partial charge >= 0.3 is 0 Å². The molecule has 0 fully saturated rings. The van der Waals surface area contributed by atoms with Crippen molar-refractivity contribution >= 4 is 21.5 Å². The molecule has 4 N–H and O–H groups in total. The van der Waals surface area contributed by atoms with Gasteiger partial charge in [0.05, 0.1) is 11.1 Å². The molecule has 0 spiro atoms. The molecular formula is C10H13N5O2S. The second kappa shape index (κ2) is 4.57. The van der Waals surface area contributed by atoms with Gasteiger partial charge < -0.3 is 11.2 Å². The van der Waals surface area contributed by atoms with E-state index in [0.717, 1.165) is 0 Å². The third-order valence-corrected chi connectivity index (χ3v) is 3.65. The Morgan fingerprint density at radius 2 is 1.89 bits per heavy atom. The van der Waals surface area contributed by atoms with Crippen molar-refractivity contribution in [1.29, 1.82) is 0 Å². The number of hydrogen-bond donors (Lipinski definition) is 3. The van der Waals surface area contributed by atoms with Crippen LogP contribution in [-0.4, -0.2) is 25.4 Å². The Morgan fingerprint density at radius 3 is 2.50 bits per heavy atom. The topological polar surface area (TPSA) is 102 Å². The van der Waals surface area contributed by atoms with Gasteiger partial charge in [-0.2, -0.15) is 9.89 Å². The Labute approximate surface area is 105 Å². The predicted octanol–water partition coefficient (Wildman–Crippen LogP) is 0.439. The monoisotopic (exact) mass is 267 g/mol. The highest BCUT2D eigenvalue weighted by atomic mass is 32.2. The van der Waals surface area contributed by atoms with Crippen LogP contribution in [0.25, 0.3) is 0 Å². The maximum atomic E-state index is 12.1. The number of nitrogen functional groups attached to an aromatic ring is 1. The predicted molar refractivity (Wildman–Crippen MR) is 69.2 cm³/mol. The molecule has 1 aromatic carbocycles. The Kier molecular flexibility index (Phi) is 3.11. The van der Waals surface area contributed by atoms with Crippen LogP contribution in [0.3, 0.4) is 0 Å². The fourth-order valence-corrected chi connectivity index (χ4v) is 2.44. The zero-order chi connectivity index (χ0) is 13.2. The summed E-state index contributed by atoms with van der Waals surface area (Å²) in [6.45, 7) is 0. The number of nitrogens with two attached hydrogens (primary N) is 1. The quantitative estimate of drug-likeness (QED) is 0.698. The zero-order valence-corrected chi connectivity index (χ0v) is 10.5. The van der Waals surface area contributed by atoms with E-state index >= 15 is 0 Å². The van der Waals surface area contributed by atoms with Crippen LogP contribution in [0.4, 0.5) is 11.5 Å². The molecule has 0 atom stereocenters. The summed E-state index contributed by atoms with van der Waals surface area (Å²) in [7, 11) is -2.01. The van der Waals surface area contributed by atoms with Crippen LogP contribution in [0.15, 0.2) is 41.4 Å². The molecule has 0 aliphatic heterocycles. The van der Waals surface area contributed by atoms with Crippen LogP contribution in [0.1, 0.15) is 0 Å². The Bertz CT molecular complexity index is 633. The summed E-state index contributed by atoms with van der Waals surface area (Å²) in [5.74, 6) is 0.328. The highest BCUT2D eigenvalue weighted by Gasteiger charge is 2.15. The average molecular weight is 267 g/mol. The van der Waals surface area contributed by atoms with Gasteiger partial charge in [-0.05, 0) is 24.3 Å². The van der Waals surface area contributed by atoms with Crippen molar-refractivity contribution in [1.82, 2.24) is 9.89 Å². The molecular weight excluding hydrogens is 254 g/mol. The minimum absolute atomic E-state index is 0.139. The van der Waals surface area contributed by atoms with Gasteiger partial charge in [0.25, 0.3) is 10.0 Å². The summed E-state index contributed by atoms with van der Waals surface area (Å²) in [5.41, 5.74) is 8.74. The molecule has 0 aliphatic carbocycles. The van der Waals surface area contributed by atoms with E-state index in [1.54, 1.807) is 13.1 Å². The second-order valence-corrected chi connectivity index (χ2v) is 5.21. The highest BCUT2D eigenvalue weighted by Crippen LogP contribution is 2.16. The Hall–Kier alpha value is -2.22. The third kappa shape index (κ3) is 2.38. The van der Waals surface area contributed by atoms with E-state index in [0.29, 0.717) is 11.5 Å². The molecule has 0 saturated heterocycles. The minimum atomic E-state index is -3.64. The van der Waals surface area contributed by atoms with Crippen molar-refractivity contribution in [2.24, 2.45) is 0 Å². The summed E-state index contributed by atoms with van der Waals surface area (Å²) in [4.78, 5) is 1.45. The fourth-order valence-electron chi connectivity index (χ4n) is 1.40. The summed E-state index contributed by atoms with van der Waals surface area (Å²) in [6.07, 6.45) is 1.48. The smallest absolute Gasteiger partial charge is 0.263 e. The number of sulfonamides is 1. The summed E-state index contributed by atoms with van der Waals surface area (Å²) in [6, 6.07) is 7.49. The first-order chi connectivity index (χ1) is 8.53. The number of nitrogens with zero attached hydrogens (tertiary/aromatic N) is 2. The molecule has 0 saturated carbocycles. The normalized spacial score (nSPS) is 11.2. The zero-order valence-electron chi connectivity index (χ0n) is 9.66. The molecule has 0 unspecified atom stereocenters. The van der Waals surface area contributed by atoms with Crippen LogP contribution in [0.5, 0.6) is 0 Å². The van der Waals surface area contributed by atoms with E-state index in [1.165, 1.54) is 35.3 Å². The van der Waals surface area contributed by atoms with E-state index in [-0.39, 0.29) is 4.90 Å². The van der Waals surface area contributed by atoms with Gasteiger partial charge in [0.15, 0.2) is 5.82 Å². The van der Waals surface area contributed by atoms with E-state index < -0.39 is 10.0 Å². The SMILES string of the molecule is CNn1nccc1NS(=O)(=O)c1ccc(N)cc1. The van der Waals surface area contributed by atoms with E-state index in [9.17, 15) is 8.42 Å². The lowest BCUT2D eigenvalue weighted by Gasteiger charge is -2.09. The van der Waals surface area contributed by atoms with Gasteiger partial charge in [-0.15, -0.1) is 0 Å². The van der Waals surface area contributed by atoms with Gasteiger partial charge in [-0.3, -0.25) is 4.72 Å². The lowest BCUT2D eigenvalue weighted by atomic mass is 10.3. The first kappa shape index (κ1) is 12.2. The van der Waals surface area contributed by atoms with Crippen LogP contribution in [0.2, 0.25) is 0 Å². The maximum Gasteiger partial charge on any atom is 0.263 e. The van der Waals surface area contributed by atoms with Crippen LogP contribution in [0, 0.1) is 0 Å². The summed E-state index contributed by atoms with van der Waals surface area (Å²) >= 11 is 0. The van der Waals surface area contributed by atoms with Gasteiger partial charge in [0, 0.05) is 18.8 Å². The molecule has 2 aromatic rings. The van der Waals surface area contributed by atoms with E-state index in [1.807, 2.05) is 0 Å². The third-order valence-electron chi connectivity index (χ3n) is 2.28.